The Labute approximate surface area is 113 Å². The minimum atomic E-state index is 0.141. The molecule has 2 unspecified atom stereocenters. The van der Waals surface area contributed by atoms with Gasteiger partial charge in [0.1, 0.15) is 5.76 Å². The van der Waals surface area contributed by atoms with Gasteiger partial charge in [0.15, 0.2) is 0 Å². The van der Waals surface area contributed by atoms with Crippen molar-refractivity contribution < 1.29 is 9.15 Å². The van der Waals surface area contributed by atoms with Crippen molar-refractivity contribution in [3.63, 3.8) is 0 Å². The maximum absolute atomic E-state index is 5.88. The molecule has 0 amide bonds. The van der Waals surface area contributed by atoms with Crippen LogP contribution in [0.15, 0.2) is 47.1 Å². The van der Waals surface area contributed by atoms with E-state index in [2.05, 4.69) is 36.5 Å². The molecular formula is C16H19NO2. The van der Waals surface area contributed by atoms with Crippen molar-refractivity contribution in [2.24, 2.45) is 0 Å². The lowest BCUT2D eigenvalue weighted by atomic mass is 9.97. The number of nitrogens with one attached hydrogen (secondary N) is 1. The van der Waals surface area contributed by atoms with Crippen LogP contribution in [0.5, 0.6) is 0 Å². The average Bonchev–Trinajstić information content (AvgIpc) is 2.99. The second kappa shape index (κ2) is 5.59. The van der Waals surface area contributed by atoms with Gasteiger partial charge in [0.2, 0.25) is 0 Å². The molecule has 0 saturated carbocycles. The van der Waals surface area contributed by atoms with E-state index >= 15 is 0 Å². The predicted molar refractivity (Wildman–Crippen MR) is 74.0 cm³/mol. The van der Waals surface area contributed by atoms with E-state index in [0.717, 1.165) is 25.3 Å². The standard InChI is InChI=1S/C16H19NO2/c1-12(15-7-4-9-18-15)17-11-16-14-6-3-2-5-13(14)8-10-19-16/h2-7,9,12,16-17H,8,10-11H2,1H3. The Kier molecular flexibility index (Phi) is 3.67. The van der Waals surface area contributed by atoms with E-state index in [4.69, 9.17) is 9.15 Å². The highest BCUT2D eigenvalue weighted by atomic mass is 16.5. The van der Waals surface area contributed by atoms with Crippen LogP contribution in [-0.4, -0.2) is 13.2 Å². The van der Waals surface area contributed by atoms with Crippen LogP contribution in [0.25, 0.3) is 0 Å². The van der Waals surface area contributed by atoms with E-state index in [-0.39, 0.29) is 12.1 Å². The fraction of sp³-hybridized carbons (Fsp3) is 0.375. The van der Waals surface area contributed by atoms with Crippen LogP contribution in [0.1, 0.15) is 36.0 Å². The zero-order chi connectivity index (χ0) is 13.1. The molecule has 1 aliphatic rings. The first kappa shape index (κ1) is 12.5. The summed E-state index contributed by atoms with van der Waals surface area (Å²) in [5.74, 6) is 0.962. The third-order valence-corrected chi connectivity index (χ3v) is 3.67. The summed E-state index contributed by atoms with van der Waals surface area (Å²) in [6, 6.07) is 12.6. The van der Waals surface area contributed by atoms with Gasteiger partial charge in [-0.25, -0.2) is 0 Å². The highest BCUT2D eigenvalue weighted by Gasteiger charge is 2.21. The number of furan rings is 1. The van der Waals surface area contributed by atoms with Crippen LogP contribution in [0.2, 0.25) is 0 Å². The second-order valence-electron chi connectivity index (χ2n) is 4.95. The summed E-state index contributed by atoms with van der Waals surface area (Å²) in [5, 5.41) is 3.48. The van der Waals surface area contributed by atoms with Crippen molar-refractivity contribution >= 4 is 0 Å². The molecule has 0 fully saturated rings. The van der Waals surface area contributed by atoms with Crippen LogP contribution < -0.4 is 5.32 Å². The molecule has 2 aromatic rings. The largest absolute Gasteiger partial charge is 0.468 e. The molecule has 1 N–H and O–H groups in total. The van der Waals surface area contributed by atoms with Gasteiger partial charge < -0.3 is 14.5 Å². The summed E-state index contributed by atoms with van der Waals surface area (Å²) in [6.07, 6.45) is 2.86. The minimum absolute atomic E-state index is 0.141. The van der Waals surface area contributed by atoms with Crippen LogP contribution in [-0.2, 0) is 11.2 Å². The quantitative estimate of drug-likeness (QED) is 0.913. The summed E-state index contributed by atoms with van der Waals surface area (Å²) >= 11 is 0. The van der Waals surface area contributed by atoms with E-state index < -0.39 is 0 Å². The molecule has 3 rings (SSSR count). The number of rotatable bonds is 4. The molecule has 1 aliphatic heterocycles. The van der Waals surface area contributed by atoms with Gasteiger partial charge in [-0.2, -0.15) is 0 Å². The highest BCUT2D eigenvalue weighted by molar-refractivity contribution is 5.31. The van der Waals surface area contributed by atoms with E-state index in [1.165, 1.54) is 11.1 Å². The fourth-order valence-electron chi connectivity index (χ4n) is 2.57. The van der Waals surface area contributed by atoms with Crippen molar-refractivity contribution in [2.75, 3.05) is 13.2 Å². The molecule has 3 nitrogen and oxygen atoms in total. The molecule has 0 saturated heterocycles. The molecule has 0 aliphatic carbocycles. The zero-order valence-electron chi connectivity index (χ0n) is 11.1. The van der Waals surface area contributed by atoms with Gasteiger partial charge in [0.25, 0.3) is 0 Å². The highest BCUT2D eigenvalue weighted by Crippen LogP contribution is 2.27. The molecular weight excluding hydrogens is 238 g/mol. The van der Waals surface area contributed by atoms with Crippen molar-refractivity contribution in [1.29, 1.82) is 0 Å². The van der Waals surface area contributed by atoms with Crippen LogP contribution in [0.4, 0.5) is 0 Å². The normalized spacial score (nSPS) is 19.9. The summed E-state index contributed by atoms with van der Waals surface area (Å²) in [7, 11) is 0. The van der Waals surface area contributed by atoms with E-state index in [0.29, 0.717) is 0 Å². The molecule has 2 atom stereocenters. The van der Waals surface area contributed by atoms with Crippen LogP contribution in [0, 0.1) is 0 Å². The van der Waals surface area contributed by atoms with Crippen molar-refractivity contribution in [3.05, 3.63) is 59.5 Å². The van der Waals surface area contributed by atoms with Gasteiger partial charge in [-0.05, 0) is 36.6 Å². The van der Waals surface area contributed by atoms with Crippen molar-refractivity contribution in [1.82, 2.24) is 5.32 Å². The number of hydrogen-bond acceptors (Lipinski definition) is 3. The maximum atomic E-state index is 5.88. The predicted octanol–water partition coefficient (Wildman–Crippen LogP) is 3.24. The minimum Gasteiger partial charge on any atom is -0.468 e. The molecule has 0 spiro atoms. The number of hydrogen-bond donors (Lipinski definition) is 1. The zero-order valence-corrected chi connectivity index (χ0v) is 11.1. The number of fused-ring (bicyclic) bond motifs is 1. The maximum Gasteiger partial charge on any atom is 0.120 e. The molecule has 1 aromatic carbocycles. The van der Waals surface area contributed by atoms with E-state index in [9.17, 15) is 0 Å². The Hall–Kier alpha value is -1.58. The first-order valence-electron chi connectivity index (χ1n) is 6.81. The molecule has 2 heterocycles. The summed E-state index contributed by atoms with van der Waals surface area (Å²) in [6.45, 7) is 3.71. The van der Waals surface area contributed by atoms with Crippen molar-refractivity contribution in [2.45, 2.75) is 25.5 Å². The molecule has 0 bridgehead atoms. The van der Waals surface area contributed by atoms with Gasteiger partial charge in [-0.3, -0.25) is 0 Å². The Bertz CT molecular complexity index is 521. The Balaban J connectivity index is 1.65. The van der Waals surface area contributed by atoms with Crippen molar-refractivity contribution in [3.8, 4) is 0 Å². The SMILES string of the molecule is CC(NCC1OCCc2ccccc21)c1ccco1. The van der Waals surface area contributed by atoms with Gasteiger partial charge in [0.05, 0.1) is 25.0 Å². The van der Waals surface area contributed by atoms with E-state index in [1.54, 1.807) is 6.26 Å². The first-order chi connectivity index (χ1) is 9.34. The van der Waals surface area contributed by atoms with Gasteiger partial charge in [-0.15, -0.1) is 0 Å². The monoisotopic (exact) mass is 257 g/mol. The lowest BCUT2D eigenvalue weighted by molar-refractivity contribution is 0.0405. The molecule has 19 heavy (non-hydrogen) atoms. The Morgan fingerprint density at radius 2 is 2.16 bits per heavy atom. The molecule has 0 radical (unpaired) electrons. The summed E-state index contributed by atoms with van der Waals surface area (Å²) in [5.41, 5.74) is 2.72. The number of ether oxygens (including phenoxy) is 1. The smallest absolute Gasteiger partial charge is 0.120 e. The fourth-order valence-corrected chi connectivity index (χ4v) is 2.57. The van der Waals surface area contributed by atoms with E-state index in [1.807, 2.05) is 12.1 Å². The average molecular weight is 257 g/mol. The number of benzene rings is 1. The summed E-state index contributed by atoms with van der Waals surface area (Å²) in [4.78, 5) is 0. The second-order valence-corrected chi connectivity index (χ2v) is 4.95. The third kappa shape index (κ3) is 2.72. The summed E-state index contributed by atoms with van der Waals surface area (Å²) < 4.78 is 11.3. The van der Waals surface area contributed by atoms with Crippen LogP contribution in [0.3, 0.4) is 0 Å². The lowest BCUT2D eigenvalue weighted by Gasteiger charge is -2.27. The van der Waals surface area contributed by atoms with Gasteiger partial charge >= 0.3 is 0 Å². The first-order valence-corrected chi connectivity index (χ1v) is 6.81. The molecule has 100 valence electrons. The lowest BCUT2D eigenvalue weighted by Crippen LogP contribution is -2.29. The topological polar surface area (TPSA) is 34.4 Å². The third-order valence-electron chi connectivity index (χ3n) is 3.67. The van der Waals surface area contributed by atoms with Gasteiger partial charge in [-0.1, -0.05) is 24.3 Å². The van der Waals surface area contributed by atoms with Gasteiger partial charge in [0, 0.05) is 6.54 Å². The molecule has 1 aromatic heterocycles. The molecule has 3 heteroatoms. The Morgan fingerprint density at radius 3 is 3.00 bits per heavy atom. The Morgan fingerprint density at radius 1 is 1.26 bits per heavy atom. The van der Waals surface area contributed by atoms with Crippen LogP contribution >= 0.6 is 0 Å².